The summed E-state index contributed by atoms with van der Waals surface area (Å²) in [4.78, 5) is 15.4. The molecule has 37 heavy (non-hydrogen) atoms. The molecule has 2 fully saturated rings. The molecule has 2 aliphatic heterocycles. The standard InChI is InChI=1S/C28H38ClN3O5/c1-17(33)24(31-28(34)30-21-14-25(35-2)27(37-4)26(15-21)36-3)16-32-22-9-10-23(32)13-19(12-22)11-18-5-7-20(29)8-6-18/h5-8,14-15,17,19,22-24,33H,9-13,16H2,1-4H3,(H2,30,31,34)/t17-,19?,22?,23?,24+/m1/s1. The lowest BCUT2D eigenvalue weighted by Crippen LogP contribution is -2.54. The summed E-state index contributed by atoms with van der Waals surface area (Å²) in [6.45, 7) is 2.34. The van der Waals surface area contributed by atoms with Gasteiger partial charge in [0.1, 0.15) is 0 Å². The van der Waals surface area contributed by atoms with E-state index in [0.29, 0.717) is 47.5 Å². The number of ether oxygens (including phenoxy) is 3. The Balaban J connectivity index is 1.37. The highest BCUT2D eigenvalue weighted by atomic mass is 35.5. The van der Waals surface area contributed by atoms with Crippen molar-refractivity contribution in [3.05, 3.63) is 47.0 Å². The third-order valence-electron chi connectivity index (χ3n) is 7.65. The monoisotopic (exact) mass is 531 g/mol. The summed E-state index contributed by atoms with van der Waals surface area (Å²) in [5.41, 5.74) is 1.83. The number of carbonyl (C=O) groups is 1. The average Bonchev–Trinajstić information content (AvgIpc) is 3.11. The number of anilines is 1. The fourth-order valence-corrected chi connectivity index (χ4v) is 5.97. The number of urea groups is 1. The second-order valence-electron chi connectivity index (χ2n) is 10.1. The highest BCUT2D eigenvalue weighted by Gasteiger charge is 2.41. The molecule has 2 heterocycles. The molecule has 2 aromatic rings. The van der Waals surface area contributed by atoms with Gasteiger partial charge in [0, 0.05) is 35.8 Å². The first kappa shape index (κ1) is 27.4. The Labute approximate surface area is 224 Å². The lowest BCUT2D eigenvalue weighted by atomic mass is 9.85. The molecule has 9 heteroatoms. The molecule has 3 N–H and O–H groups in total. The van der Waals surface area contributed by atoms with Crippen LogP contribution in [0.4, 0.5) is 10.5 Å². The minimum atomic E-state index is -0.697. The van der Waals surface area contributed by atoms with Gasteiger partial charge in [0.15, 0.2) is 11.5 Å². The van der Waals surface area contributed by atoms with Gasteiger partial charge in [-0.25, -0.2) is 4.79 Å². The van der Waals surface area contributed by atoms with Crippen LogP contribution in [0.25, 0.3) is 0 Å². The van der Waals surface area contributed by atoms with Crippen molar-refractivity contribution in [1.82, 2.24) is 10.2 Å². The van der Waals surface area contributed by atoms with Crippen molar-refractivity contribution in [2.24, 2.45) is 5.92 Å². The molecule has 2 amide bonds. The van der Waals surface area contributed by atoms with Crippen LogP contribution in [0.15, 0.2) is 36.4 Å². The van der Waals surface area contributed by atoms with Gasteiger partial charge in [-0.15, -0.1) is 0 Å². The highest BCUT2D eigenvalue weighted by Crippen LogP contribution is 2.41. The normalized spacial score (nSPS) is 22.7. The van der Waals surface area contributed by atoms with Crippen LogP contribution in [0.1, 0.15) is 38.2 Å². The maximum Gasteiger partial charge on any atom is 0.319 e. The lowest BCUT2D eigenvalue weighted by Gasteiger charge is -2.41. The van der Waals surface area contributed by atoms with Gasteiger partial charge in [-0.2, -0.15) is 0 Å². The molecule has 2 aliphatic rings. The fourth-order valence-electron chi connectivity index (χ4n) is 5.84. The fraction of sp³-hybridized carbons (Fsp3) is 0.536. The molecule has 0 spiro atoms. The quantitative estimate of drug-likeness (QED) is 0.411. The molecular weight excluding hydrogens is 494 g/mol. The smallest absolute Gasteiger partial charge is 0.319 e. The third-order valence-corrected chi connectivity index (χ3v) is 7.90. The third kappa shape index (κ3) is 6.61. The van der Waals surface area contributed by atoms with Crippen LogP contribution in [-0.2, 0) is 6.42 Å². The molecule has 2 saturated heterocycles. The predicted molar refractivity (Wildman–Crippen MR) is 145 cm³/mol. The van der Waals surface area contributed by atoms with E-state index in [2.05, 4.69) is 27.7 Å². The topological polar surface area (TPSA) is 92.3 Å². The van der Waals surface area contributed by atoms with Crippen molar-refractivity contribution in [3.8, 4) is 17.2 Å². The number of hydrogen-bond donors (Lipinski definition) is 3. The maximum atomic E-state index is 12.9. The Kier molecular flexibility index (Phi) is 9.05. The number of halogens is 1. The number of carbonyl (C=O) groups excluding carboxylic acids is 1. The van der Waals surface area contributed by atoms with Gasteiger partial charge in [-0.05, 0) is 62.6 Å². The van der Waals surface area contributed by atoms with E-state index < -0.39 is 18.2 Å². The Bertz CT molecular complexity index is 1030. The molecule has 0 aromatic heterocycles. The number of aliphatic hydroxyl groups is 1. The van der Waals surface area contributed by atoms with Crippen LogP contribution in [0.2, 0.25) is 5.02 Å². The van der Waals surface area contributed by atoms with Crippen LogP contribution in [0.3, 0.4) is 0 Å². The molecule has 0 radical (unpaired) electrons. The molecule has 4 rings (SSSR count). The predicted octanol–water partition coefficient (Wildman–Crippen LogP) is 4.72. The molecule has 2 bridgehead atoms. The molecule has 4 atom stereocenters. The molecule has 2 aromatic carbocycles. The zero-order valence-electron chi connectivity index (χ0n) is 22.0. The number of hydrogen-bond acceptors (Lipinski definition) is 6. The molecule has 8 nitrogen and oxygen atoms in total. The number of methoxy groups -OCH3 is 3. The lowest BCUT2D eigenvalue weighted by molar-refractivity contribution is 0.0620. The molecule has 2 unspecified atom stereocenters. The Morgan fingerprint density at radius 3 is 2.16 bits per heavy atom. The zero-order valence-corrected chi connectivity index (χ0v) is 22.8. The molecule has 202 valence electrons. The second-order valence-corrected chi connectivity index (χ2v) is 10.5. The summed E-state index contributed by atoms with van der Waals surface area (Å²) in [5, 5.41) is 17.1. The number of piperidine rings is 1. The number of rotatable bonds is 10. The summed E-state index contributed by atoms with van der Waals surface area (Å²) in [5.74, 6) is 1.98. The maximum absolute atomic E-state index is 12.9. The van der Waals surface area contributed by atoms with Gasteiger partial charge in [0.25, 0.3) is 0 Å². The van der Waals surface area contributed by atoms with E-state index in [-0.39, 0.29) is 0 Å². The van der Waals surface area contributed by atoms with Crippen molar-refractivity contribution < 1.29 is 24.1 Å². The first-order chi connectivity index (χ1) is 17.8. The molecule has 0 aliphatic carbocycles. The van der Waals surface area contributed by atoms with Crippen molar-refractivity contribution >= 4 is 23.3 Å². The molecule has 0 saturated carbocycles. The summed E-state index contributed by atoms with van der Waals surface area (Å²) in [6.07, 6.45) is 4.94. The first-order valence-corrected chi connectivity index (χ1v) is 13.2. The van der Waals surface area contributed by atoms with Crippen LogP contribution in [-0.4, -0.2) is 68.1 Å². The van der Waals surface area contributed by atoms with Crippen molar-refractivity contribution in [2.45, 2.75) is 63.3 Å². The van der Waals surface area contributed by atoms with Crippen molar-refractivity contribution in [2.75, 3.05) is 33.2 Å². The summed E-state index contributed by atoms with van der Waals surface area (Å²) < 4.78 is 16.1. The number of benzene rings is 2. The van der Waals surface area contributed by atoms with Gasteiger partial charge in [0.05, 0.1) is 39.2 Å². The highest BCUT2D eigenvalue weighted by molar-refractivity contribution is 6.30. The minimum Gasteiger partial charge on any atom is -0.493 e. The van der Waals surface area contributed by atoms with E-state index in [0.717, 1.165) is 37.1 Å². The number of nitrogens with zero attached hydrogens (tertiary/aromatic N) is 1. The minimum absolute atomic E-state index is 0.398. The van der Waals surface area contributed by atoms with Gasteiger partial charge >= 0.3 is 6.03 Å². The first-order valence-electron chi connectivity index (χ1n) is 12.9. The van der Waals surface area contributed by atoms with Crippen LogP contribution >= 0.6 is 11.6 Å². The SMILES string of the molecule is COc1cc(NC(=O)N[C@@H](CN2C3CCC2CC(Cc2ccc(Cl)cc2)C3)[C@@H](C)O)cc(OC)c1OC. The zero-order chi connectivity index (χ0) is 26.5. The van der Waals surface area contributed by atoms with E-state index in [1.165, 1.54) is 26.9 Å². The van der Waals surface area contributed by atoms with Crippen LogP contribution < -0.4 is 24.8 Å². The number of fused-ring (bicyclic) bond motifs is 2. The number of amides is 2. The number of aliphatic hydroxyl groups excluding tert-OH is 1. The van der Waals surface area contributed by atoms with Gasteiger partial charge < -0.3 is 30.0 Å². The summed E-state index contributed by atoms with van der Waals surface area (Å²) in [7, 11) is 4.58. The van der Waals surface area contributed by atoms with Crippen molar-refractivity contribution in [3.63, 3.8) is 0 Å². The van der Waals surface area contributed by atoms with E-state index in [9.17, 15) is 9.90 Å². The largest absolute Gasteiger partial charge is 0.493 e. The van der Waals surface area contributed by atoms with E-state index in [4.69, 9.17) is 25.8 Å². The second kappa shape index (κ2) is 12.2. The Hall–Kier alpha value is -2.68. The van der Waals surface area contributed by atoms with E-state index in [1.807, 2.05) is 12.1 Å². The Morgan fingerprint density at radius 2 is 1.65 bits per heavy atom. The van der Waals surface area contributed by atoms with Crippen LogP contribution in [0, 0.1) is 5.92 Å². The number of nitrogens with one attached hydrogen (secondary N) is 2. The van der Waals surface area contributed by atoms with E-state index in [1.54, 1.807) is 19.1 Å². The van der Waals surface area contributed by atoms with Gasteiger partial charge in [-0.3, -0.25) is 4.90 Å². The van der Waals surface area contributed by atoms with Gasteiger partial charge in [0.2, 0.25) is 5.75 Å². The summed E-state index contributed by atoms with van der Waals surface area (Å²) in [6, 6.07) is 11.6. The van der Waals surface area contributed by atoms with E-state index >= 15 is 0 Å². The summed E-state index contributed by atoms with van der Waals surface area (Å²) >= 11 is 6.05. The Morgan fingerprint density at radius 1 is 1.05 bits per heavy atom. The van der Waals surface area contributed by atoms with Gasteiger partial charge in [-0.1, -0.05) is 23.7 Å². The van der Waals surface area contributed by atoms with Crippen molar-refractivity contribution in [1.29, 1.82) is 0 Å². The molecular formula is C28H38ClN3O5. The van der Waals surface area contributed by atoms with Crippen LogP contribution in [0.5, 0.6) is 17.2 Å². The average molecular weight is 532 g/mol.